The number of nitrogens with zero attached hydrogens (tertiary/aromatic N) is 1. The van der Waals surface area contributed by atoms with Crippen LogP contribution in [0.15, 0.2) is 53.4 Å². The average Bonchev–Trinajstić information content (AvgIpc) is 3.35. The van der Waals surface area contributed by atoms with Crippen molar-refractivity contribution in [2.45, 2.75) is 23.8 Å². The Morgan fingerprint density at radius 2 is 2.07 bits per heavy atom. The molecule has 1 aliphatic heterocycles. The van der Waals surface area contributed by atoms with Crippen LogP contribution in [-0.2, 0) is 14.8 Å². The van der Waals surface area contributed by atoms with E-state index < -0.39 is 15.9 Å². The minimum Gasteiger partial charge on any atom is -0.377 e. The van der Waals surface area contributed by atoms with Gasteiger partial charge in [-0.25, -0.2) is 18.1 Å². The van der Waals surface area contributed by atoms with Crippen LogP contribution in [0.4, 0.5) is 5.13 Å². The van der Waals surface area contributed by atoms with Crippen molar-refractivity contribution in [2.24, 2.45) is 0 Å². The van der Waals surface area contributed by atoms with E-state index in [4.69, 9.17) is 4.74 Å². The zero-order valence-electron chi connectivity index (χ0n) is 14.9. The number of amides is 1. The van der Waals surface area contributed by atoms with Crippen LogP contribution in [0, 0.1) is 0 Å². The number of ether oxygens (including phenoxy) is 1. The largest absolute Gasteiger partial charge is 0.377 e. The summed E-state index contributed by atoms with van der Waals surface area (Å²) < 4.78 is 34.0. The van der Waals surface area contributed by atoms with Crippen LogP contribution in [0.1, 0.15) is 23.2 Å². The van der Waals surface area contributed by atoms with E-state index >= 15 is 0 Å². The van der Waals surface area contributed by atoms with Crippen LogP contribution in [0.3, 0.4) is 0 Å². The molecule has 3 aromatic rings. The Morgan fingerprint density at radius 3 is 2.86 bits per heavy atom. The van der Waals surface area contributed by atoms with Crippen molar-refractivity contribution in [1.82, 2.24) is 9.71 Å². The van der Waals surface area contributed by atoms with Crippen LogP contribution in [0.5, 0.6) is 0 Å². The first-order valence-corrected chi connectivity index (χ1v) is 11.2. The highest BCUT2D eigenvalue weighted by Crippen LogP contribution is 2.26. The average molecular weight is 418 g/mol. The summed E-state index contributed by atoms with van der Waals surface area (Å²) in [6, 6.07) is 13.5. The lowest BCUT2D eigenvalue weighted by atomic mass is 10.2. The molecule has 1 fully saturated rings. The fourth-order valence-corrected chi connectivity index (χ4v) is 4.96. The zero-order chi connectivity index (χ0) is 19.6. The number of sulfonamides is 1. The molecule has 0 aliphatic carbocycles. The van der Waals surface area contributed by atoms with Gasteiger partial charge >= 0.3 is 0 Å². The number of hydrogen-bond donors (Lipinski definition) is 2. The highest BCUT2D eigenvalue weighted by molar-refractivity contribution is 7.89. The summed E-state index contributed by atoms with van der Waals surface area (Å²) in [5, 5.41) is 3.20. The van der Waals surface area contributed by atoms with Gasteiger partial charge in [0.2, 0.25) is 10.0 Å². The number of nitrogens with one attached hydrogen (secondary N) is 2. The van der Waals surface area contributed by atoms with E-state index in [9.17, 15) is 13.2 Å². The number of hydrogen-bond acceptors (Lipinski definition) is 6. The predicted octanol–water partition coefficient (Wildman–Crippen LogP) is 3.01. The molecule has 9 heteroatoms. The van der Waals surface area contributed by atoms with E-state index in [2.05, 4.69) is 15.0 Å². The molecule has 1 saturated heterocycles. The Morgan fingerprint density at radius 1 is 1.21 bits per heavy atom. The number of thiazole rings is 1. The van der Waals surface area contributed by atoms with Gasteiger partial charge in [-0.1, -0.05) is 29.5 Å². The maximum Gasteiger partial charge on any atom is 0.257 e. The molecule has 0 spiro atoms. The first kappa shape index (κ1) is 19.0. The quantitative estimate of drug-likeness (QED) is 0.643. The van der Waals surface area contributed by atoms with Gasteiger partial charge in [0.15, 0.2) is 5.13 Å². The summed E-state index contributed by atoms with van der Waals surface area (Å²) in [6.07, 6.45) is 1.68. The Hall–Kier alpha value is -2.33. The van der Waals surface area contributed by atoms with Gasteiger partial charge in [-0.2, -0.15) is 0 Å². The molecule has 7 nitrogen and oxygen atoms in total. The summed E-state index contributed by atoms with van der Waals surface area (Å²) >= 11 is 1.36. The predicted molar refractivity (Wildman–Crippen MR) is 108 cm³/mol. The molecule has 2 aromatic carbocycles. The van der Waals surface area contributed by atoms with Gasteiger partial charge in [-0.15, -0.1) is 0 Å². The van der Waals surface area contributed by atoms with Gasteiger partial charge in [0.25, 0.3) is 5.91 Å². The minimum atomic E-state index is -3.72. The van der Waals surface area contributed by atoms with Crippen molar-refractivity contribution in [3.8, 4) is 0 Å². The number of rotatable bonds is 6. The van der Waals surface area contributed by atoms with Crippen LogP contribution in [0.2, 0.25) is 0 Å². The second-order valence-electron chi connectivity index (χ2n) is 6.46. The highest BCUT2D eigenvalue weighted by atomic mass is 32.2. The van der Waals surface area contributed by atoms with E-state index in [0.717, 1.165) is 23.1 Å². The number of aromatic nitrogens is 1. The third-order valence-electron chi connectivity index (χ3n) is 4.45. The molecule has 1 aliphatic rings. The van der Waals surface area contributed by atoms with Gasteiger partial charge in [-0.3, -0.25) is 10.1 Å². The van der Waals surface area contributed by atoms with E-state index in [1.807, 2.05) is 24.3 Å². The molecule has 28 heavy (non-hydrogen) atoms. The number of carbonyl (C=O) groups is 1. The molecule has 1 atom stereocenters. The van der Waals surface area contributed by atoms with Crippen molar-refractivity contribution >= 4 is 42.6 Å². The fraction of sp³-hybridized carbons (Fsp3) is 0.263. The van der Waals surface area contributed by atoms with Crippen molar-refractivity contribution in [2.75, 3.05) is 18.5 Å². The van der Waals surface area contributed by atoms with Crippen LogP contribution >= 0.6 is 11.3 Å². The summed E-state index contributed by atoms with van der Waals surface area (Å²) in [5.74, 6) is -0.407. The summed E-state index contributed by atoms with van der Waals surface area (Å²) in [4.78, 5) is 17.0. The van der Waals surface area contributed by atoms with Crippen molar-refractivity contribution < 1.29 is 17.9 Å². The maximum atomic E-state index is 12.6. The molecule has 146 valence electrons. The van der Waals surface area contributed by atoms with Crippen LogP contribution < -0.4 is 10.0 Å². The molecular formula is C19H19N3O4S2. The van der Waals surface area contributed by atoms with E-state index in [1.165, 1.54) is 23.5 Å². The standard InChI is InChI=1S/C19H19N3O4S2/c23-18(22-19-21-16-8-1-2-9-17(16)27-19)13-5-3-7-15(11-13)28(24,25)20-12-14-6-4-10-26-14/h1-3,5,7-9,11,14,20H,4,6,10,12H2,(H,21,22,23). The van der Waals surface area contributed by atoms with Gasteiger partial charge in [0.05, 0.1) is 21.2 Å². The molecule has 0 saturated carbocycles. The fourth-order valence-electron chi connectivity index (χ4n) is 2.99. The normalized spacial score (nSPS) is 17.1. The molecule has 1 unspecified atom stereocenters. The molecule has 1 aromatic heterocycles. The first-order valence-electron chi connectivity index (χ1n) is 8.89. The lowest BCUT2D eigenvalue weighted by Crippen LogP contribution is -2.32. The second-order valence-corrected chi connectivity index (χ2v) is 9.25. The minimum absolute atomic E-state index is 0.0439. The van der Waals surface area contributed by atoms with Crippen LogP contribution in [-0.4, -0.2) is 38.6 Å². The summed E-state index contributed by atoms with van der Waals surface area (Å²) in [7, 11) is -3.72. The molecule has 0 bridgehead atoms. The Kier molecular flexibility index (Phi) is 5.40. The smallest absolute Gasteiger partial charge is 0.257 e. The molecule has 2 heterocycles. The number of anilines is 1. The van der Waals surface area contributed by atoms with Gasteiger partial charge in [0, 0.05) is 18.7 Å². The first-order chi connectivity index (χ1) is 13.5. The SMILES string of the molecule is O=C(Nc1nc2ccccc2s1)c1cccc(S(=O)(=O)NCC2CCCO2)c1. The lowest BCUT2D eigenvalue weighted by molar-refractivity contribution is 0.102. The molecular weight excluding hydrogens is 398 g/mol. The summed E-state index contributed by atoms with van der Waals surface area (Å²) in [6.45, 7) is 0.887. The zero-order valence-corrected chi connectivity index (χ0v) is 16.6. The molecule has 0 radical (unpaired) electrons. The van der Waals surface area contributed by atoms with E-state index in [0.29, 0.717) is 11.7 Å². The van der Waals surface area contributed by atoms with Crippen molar-refractivity contribution in [3.05, 3.63) is 54.1 Å². The Labute approximate surface area is 166 Å². The molecule has 1 amide bonds. The Bertz CT molecular complexity index is 1070. The lowest BCUT2D eigenvalue weighted by Gasteiger charge is -2.12. The maximum absolute atomic E-state index is 12.6. The van der Waals surface area contributed by atoms with Crippen molar-refractivity contribution in [3.63, 3.8) is 0 Å². The number of para-hydroxylation sites is 1. The Balaban J connectivity index is 1.48. The van der Waals surface area contributed by atoms with Crippen LogP contribution in [0.25, 0.3) is 10.2 Å². The molecule has 4 rings (SSSR count). The second kappa shape index (κ2) is 7.96. The van der Waals surface area contributed by atoms with Gasteiger partial charge in [-0.05, 0) is 43.2 Å². The monoisotopic (exact) mass is 417 g/mol. The van der Waals surface area contributed by atoms with Gasteiger partial charge in [0.1, 0.15) is 0 Å². The van der Waals surface area contributed by atoms with E-state index in [1.54, 1.807) is 12.1 Å². The summed E-state index contributed by atoms with van der Waals surface area (Å²) in [5.41, 5.74) is 1.05. The number of fused-ring (bicyclic) bond motifs is 1. The number of benzene rings is 2. The highest BCUT2D eigenvalue weighted by Gasteiger charge is 2.21. The van der Waals surface area contributed by atoms with Gasteiger partial charge < -0.3 is 4.74 Å². The topological polar surface area (TPSA) is 97.4 Å². The van der Waals surface area contributed by atoms with E-state index in [-0.39, 0.29) is 23.1 Å². The molecule has 2 N–H and O–H groups in total. The number of carbonyl (C=O) groups excluding carboxylic acids is 1. The van der Waals surface area contributed by atoms with Crippen molar-refractivity contribution in [1.29, 1.82) is 0 Å². The third-order valence-corrected chi connectivity index (χ3v) is 6.82. The third kappa shape index (κ3) is 4.22.